The molecule has 1 saturated heterocycles. The van der Waals surface area contributed by atoms with Gasteiger partial charge in [0.2, 0.25) is 0 Å². The van der Waals surface area contributed by atoms with E-state index in [0.29, 0.717) is 28.5 Å². The van der Waals surface area contributed by atoms with Gasteiger partial charge in [0.05, 0.1) is 12.2 Å². The number of alkyl halides is 1. The van der Waals surface area contributed by atoms with E-state index in [1.807, 2.05) is 4.90 Å². The van der Waals surface area contributed by atoms with Crippen LogP contribution in [0.3, 0.4) is 0 Å². The lowest BCUT2D eigenvalue weighted by molar-refractivity contribution is -0.139. The molecule has 0 spiro atoms. The van der Waals surface area contributed by atoms with E-state index in [2.05, 4.69) is 10.3 Å². The topological polar surface area (TPSA) is 87.0 Å². The van der Waals surface area contributed by atoms with Gasteiger partial charge in [-0.3, -0.25) is 9.89 Å². The van der Waals surface area contributed by atoms with Crippen molar-refractivity contribution in [3.63, 3.8) is 0 Å². The number of ether oxygens (including phenoxy) is 1. The Morgan fingerprint density at radius 3 is 2.88 bits per heavy atom. The average molecular weight is 511 g/mol. The number of carbonyl (C=O) groups excluding carboxylic acids is 1. The molecule has 2 aliphatic heterocycles. The van der Waals surface area contributed by atoms with Gasteiger partial charge in [0.25, 0.3) is 0 Å². The van der Waals surface area contributed by atoms with Crippen LogP contribution >= 0.6 is 22.9 Å². The Labute approximate surface area is 205 Å². The Morgan fingerprint density at radius 1 is 1.44 bits per heavy atom. The van der Waals surface area contributed by atoms with E-state index in [0.717, 1.165) is 0 Å². The van der Waals surface area contributed by atoms with E-state index >= 15 is 0 Å². The first-order valence-corrected chi connectivity index (χ1v) is 12.2. The van der Waals surface area contributed by atoms with E-state index in [9.17, 15) is 13.6 Å². The van der Waals surface area contributed by atoms with Gasteiger partial charge < -0.3 is 15.2 Å². The number of carbonyl (C=O) groups is 1. The largest absolute Gasteiger partial charge is 0.463 e. The molecule has 2 aromatic rings. The number of thiazole rings is 1. The van der Waals surface area contributed by atoms with Crippen molar-refractivity contribution in [2.75, 3.05) is 32.8 Å². The number of hydrogen-bond donors (Lipinski definition) is 2. The number of halogens is 3. The number of rotatable bonds is 9. The molecule has 2 aliphatic rings. The Balaban J connectivity index is 1.71. The first-order chi connectivity index (χ1) is 16.3. The van der Waals surface area contributed by atoms with Crippen LogP contribution in [0.25, 0.3) is 0 Å². The lowest BCUT2D eigenvalue weighted by atomic mass is 9.90. The van der Waals surface area contributed by atoms with Crippen LogP contribution in [0.15, 0.2) is 46.0 Å². The van der Waals surface area contributed by atoms with Crippen LogP contribution in [-0.2, 0) is 9.53 Å². The zero-order valence-corrected chi connectivity index (χ0v) is 20.1. The summed E-state index contributed by atoms with van der Waals surface area (Å²) in [6.07, 6.45) is 2.31. The Morgan fingerprint density at radius 2 is 2.24 bits per heavy atom. The Bertz CT molecular complexity index is 1100. The van der Waals surface area contributed by atoms with Crippen LogP contribution in [0.1, 0.15) is 36.4 Å². The number of aliphatic hydroxyl groups is 1. The third-order valence-electron chi connectivity index (χ3n) is 5.69. The van der Waals surface area contributed by atoms with E-state index in [-0.39, 0.29) is 49.9 Å². The van der Waals surface area contributed by atoms with Crippen LogP contribution in [0.2, 0.25) is 5.02 Å². The lowest BCUT2D eigenvalue weighted by Gasteiger charge is -2.45. The van der Waals surface area contributed by atoms with Crippen LogP contribution in [0, 0.1) is 5.82 Å². The normalized spacial score (nSPS) is 19.9. The zero-order valence-electron chi connectivity index (χ0n) is 18.6. The molecule has 182 valence electrons. The third-order valence-corrected chi connectivity index (χ3v) is 6.80. The zero-order chi connectivity index (χ0) is 24.3. The number of hydrogen-bond acceptors (Lipinski definition) is 8. The molecule has 2 N–H and O–H groups in total. The molecule has 1 aromatic heterocycles. The number of nitrogens with zero attached hydrogens (tertiary/aromatic N) is 3. The summed E-state index contributed by atoms with van der Waals surface area (Å²) >= 11 is 7.73. The standard InChI is InChI=1S/C23H25ClF2N4O3S/c1-2-33-22(32)18-17(11-30-12-23(26,13-30)6-3-8-31)28-20(21-27-7-9-34-21)29-19(18)15-5-4-14(25)10-16(15)24/h4-5,7,9-10,19,31H,2-3,6,8,11-13H2,1H3,(H,28,29)/t19-/m0/s1. The van der Waals surface area contributed by atoms with Crippen molar-refractivity contribution in [1.82, 2.24) is 15.2 Å². The molecule has 1 fully saturated rings. The molecule has 0 unspecified atom stereocenters. The highest BCUT2D eigenvalue weighted by atomic mass is 35.5. The van der Waals surface area contributed by atoms with Crippen LogP contribution in [0.5, 0.6) is 0 Å². The molecule has 7 nitrogen and oxygen atoms in total. The molecule has 1 aromatic carbocycles. The van der Waals surface area contributed by atoms with Gasteiger partial charge in [-0.1, -0.05) is 17.7 Å². The number of aromatic nitrogens is 1. The third kappa shape index (κ3) is 5.30. The van der Waals surface area contributed by atoms with Crippen molar-refractivity contribution < 1.29 is 23.4 Å². The van der Waals surface area contributed by atoms with Gasteiger partial charge in [-0.2, -0.15) is 0 Å². The smallest absolute Gasteiger partial charge is 0.338 e. The van der Waals surface area contributed by atoms with Crippen LogP contribution < -0.4 is 5.32 Å². The molecule has 11 heteroatoms. The van der Waals surface area contributed by atoms with E-state index in [1.54, 1.807) is 18.5 Å². The van der Waals surface area contributed by atoms with Gasteiger partial charge in [0.1, 0.15) is 17.5 Å². The van der Waals surface area contributed by atoms with E-state index in [1.165, 1.54) is 29.5 Å². The van der Waals surface area contributed by atoms with Gasteiger partial charge in [0.15, 0.2) is 10.8 Å². The fourth-order valence-electron chi connectivity index (χ4n) is 4.21. The maximum Gasteiger partial charge on any atom is 0.338 e. The summed E-state index contributed by atoms with van der Waals surface area (Å²) in [4.78, 5) is 24.0. The molecule has 0 aliphatic carbocycles. The highest BCUT2D eigenvalue weighted by Crippen LogP contribution is 2.38. The van der Waals surface area contributed by atoms with Crippen molar-refractivity contribution >= 4 is 34.7 Å². The average Bonchev–Trinajstić information content (AvgIpc) is 3.31. The molecular weight excluding hydrogens is 486 g/mol. The number of likely N-dealkylation sites (tertiary alicyclic amines) is 1. The van der Waals surface area contributed by atoms with Gasteiger partial charge in [-0.25, -0.2) is 18.6 Å². The predicted octanol–water partition coefficient (Wildman–Crippen LogP) is 3.64. The SMILES string of the molecule is CCOC(=O)C1=C(CN2CC(F)(CCCO)C2)NC(c2nccs2)=N[C@H]1c1ccc(F)cc1Cl. The van der Waals surface area contributed by atoms with Gasteiger partial charge in [-0.15, -0.1) is 11.3 Å². The molecule has 0 radical (unpaired) electrons. The van der Waals surface area contributed by atoms with Gasteiger partial charge in [-0.05, 0) is 31.9 Å². The molecule has 0 amide bonds. The number of amidine groups is 1. The number of benzene rings is 1. The maximum atomic E-state index is 14.8. The highest BCUT2D eigenvalue weighted by molar-refractivity contribution is 7.11. The first-order valence-electron chi connectivity index (χ1n) is 11.0. The molecule has 4 rings (SSSR count). The van der Waals surface area contributed by atoms with Crippen molar-refractivity contribution in [3.05, 3.63) is 62.5 Å². The minimum atomic E-state index is -1.37. The maximum absolute atomic E-state index is 14.8. The summed E-state index contributed by atoms with van der Waals surface area (Å²) < 4.78 is 33.9. The summed E-state index contributed by atoms with van der Waals surface area (Å²) in [7, 11) is 0. The van der Waals surface area contributed by atoms with Gasteiger partial charge >= 0.3 is 5.97 Å². The summed E-state index contributed by atoms with van der Waals surface area (Å²) in [5.74, 6) is -0.642. The summed E-state index contributed by atoms with van der Waals surface area (Å²) in [6.45, 7) is 2.41. The van der Waals surface area contributed by atoms with Crippen molar-refractivity contribution in [3.8, 4) is 0 Å². The lowest BCUT2D eigenvalue weighted by Crippen LogP contribution is -2.60. The second kappa shape index (κ2) is 10.5. The second-order valence-corrected chi connectivity index (χ2v) is 9.55. The Hall–Kier alpha value is -2.40. The summed E-state index contributed by atoms with van der Waals surface area (Å²) in [5, 5.41) is 14.8. The molecule has 1 atom stereocenters. The summed E-state index contributed by atoms with van der Waals surface area (Å²) in [6, 6.07) is 3.08. The molecule has 3 heterocycles. The fourth-order valence-corrected chi connectivity index (χ4v) is 5.07. The van der Waals surface area contributed by atoms with Crippen LogP contribution in [0.4, 0.5) is 8.78 Å². The fraction of sp³-hybridized carbons (Fsp3) is 0.435. The van der Waals surface area contributed by atoms with Crippen LogP contribution in [-0.4, -0.2) is 65.3 Å². The van der Waals surface area contributed by atoms with E-state index in [4.69, 9.17) is 26.4 Å². The molecular formula is C23H25ClF2N4O3S. The monoisotopic (exact) mass is 510 g/mol. The van der Waals surface area contributed by atoms with Gasteiger partial charge in [0, 0.05) is 54.1 Å². The highest BCUT2D eigenvalue weighted by Gasteiger charge is 2.44. The van der Waals surface area contributed by atoms with Crippen molar-refractivity contribution in [1.29, 1.82) is 0 Å². The first kappa shape index (κ1) is 24.7. The molecule has 0 saturated carbocycles. The number of esters is 1. The second-order valence-electron chi connectivity index (χ2n) is 8.24. The summed E-state index contributed by atoms with van der Waals surface area (Å²) in [5.41, 5.74) is -0.172. The van der Waals surface area contributed by atoms with Crippen molar-refractivity contribution in [2.24, 2.45) is 4.99 Å². The predicted molar refractivity (Wildman–Crippen MR) is 126 cm³/mol. The number of aliphatic hydroxyl groups excluding tert-OH is 1. The molecule has 0 bridgehead atoms. The Kier molecular flexibility index (Phi) is 7.61. The minimum Gasteiger partial charge on any atom is -0.463 e. The number of nitrogens with one attached hydrogen (secondary N) is 1. The molecule has 34 heavy (non-hydrogen) atoms. The van der Waals surface area contributed by atoms with E-state index < -0.39 is 23.5 Å². The quantitative estimate of drug-likeness (QED) is 0.501. The van der Waals surface area contributed by atoms with Crippen molar-refractivity contribution in [2.45, 2.75) is 31.5 Å². The number of aliphatic imine (C=N–C) groups is 1. The minimum absolute atomic E-state index is 0.0564.